The molecule has 1 aliphatic carbocycles. The maximum atomic E-state index is 13.4. The van der Waals surface area contributed by atoms with Gasteiger partial charge < -0.3 is 14.6 Å². The maximum Gasteiger partial charge on any atom is 0.434 e. The molecule has 4 heterocycles. The SMILES string of the molecule is COc1ncnc(C2CC2)c1-c1nc(N[C@H](C)c2ccc(-c3nc(C(F)(F)F)cn3C(C)C)cc2)c2nn(C)cc2n1. The van der Waals surface area contributed by atoms with Gasteiger partial charge in [0.25, 0.3) is 0 Å². The number of benzene rings is 1. The highest BCUT2D eigenvalue weighted by Crippen LogP contribution is 2.45. The van der Waals surface area contributed by atoms with Gasteiger partial charge in [0, 0.05) is 30.8 Å². The van der Waals surface area contributed by atoms with Gasteiger partial charge in [-0.05, 0) is 39.2 Å². The first kappa shape index (κ1) is 27.6. The number of rotatable bonds is 8. The zero-order chi connectivity index (χ0) is 29.8. The number of halogens is 3. The largest absolute Gasteiger partial charge is 0.480 e. The molecule has 1 N–H and O–H groups in total. The van der Waals surface area contributed by atoms with Crippen molar-refractivity contribution in [3.05, 3.63) is 59.9 Å². The fraction of sp³-hybridized carbons (Fsp3) is 0.379. The van der Waals surface area contributed by atoms with Crippen LogP contribution < -0.4 is 10.1 Å². The molecule has 5 aromatic rings. The number of alkyl halides is 3. The molecule has 1 saturated carbocycles. The first-order chi connectivity index (χ1) is 20.0. The average molecular weight is 578 g/mol. The smallest absolute Gasteiger partial charge is 0.434 e. The number of nitrogens with zero attached hydrogens (tertiary/aromatic N) is 8. The summed E-state index contributed by atoms with van der Waals surface area (Å²) < 4.78 is 48.9. The summed E-state index contributed by atoms with van der Waals surface area (Å²) in [6, 6.07) is 6.90. The topological polar surface area (TPSA) is 108 Å². The van der Waals surface area contributed by atoms with E-state index in [9.17, 15) is 13.2 Å². The van der Waals surface area contributed by atoms with E-state index in [0.717, 1.165) is 30.3 Å². The maximum absolute atomic E-state index is 13.4. The Labute approximate surface area is 240 Å². The van der Waals surface area contributed by atoms with Crippen LogP contribution in [0.3, 0.4) is 0 Å². The number of hydrogen-bond acceptors (Lipinski definition) is 8. The van der Waals surface area contributed by atoms with Gasteiger partial charge in [-0.1, -0.05) is 24.3 Å². The number of aromatic nitrogens is 8. The molecule has 0 unspecified atom stereocenters. The van der Waals surface area contributed by atoms with Gasteiger partial charge in [0.2, 0.25) is 5.88 Å². The standard InChI is InChI=1S/C29H30F3N9O/c1-15(2)41-13-21(29(30,31)32)37-27(41)19-10-6-17(7-11-19)16(3)35-26-24-20(12-40(4)39-24)36-25(38-26)22-23(18-8-9-18)33-14-34-28(22)42-5/h6-7,10-16,18H,8-9H2,1-5H3,(H,35,36,38)/t16-/m1/s1. The van der Waals surface area contributed by atoms with Crippen molar-refractivity contribution >= 4 is 16.9 Å². The van der Waals surface area contributed by atoms with Crippen molar-refractivity contribution in [3.8, 4) is 28.7 Å². The van der Waals surface area contributed by atoms with Crippen LogP contribution >= 0.6 is 0 Å². The van der Waals surface area contributed by atoms with Crippen LogP contribution in [0.5, 0.6) is 5.88 Å². The zero-order valence-corrected chi connectivity index (χ0v) is 23.8. The van der Waals surface area contributed by atoms with Gasteiger partial charge in [0.05, 0.1) is 25.0 Å². The van der Waals surface area contributed by atoms with Crippen LogP contribution in [0.25, 0.3) is 33.8 Å². The van der Waals surface area contributed by atoms with Gasteiger partial charge in [-0.2, -0.15) is 18.3 Å². The van der Waals surface area contributed by atoms with Crippen molar-refractivity contribution in [3.63, 3.8) is 0 Å². The number of nitrogens with one attached hydrogen (secondary N) is 1. The molecule has 0 saturated heterocycles. The van der Waals surface area contributed by atoms with E-state index in [0.29, 0.717) is 45.6 Å². The Bertz CT molecular complexity index is 1760. The minimum Gasteiger partial charge on any atom is -0.480 e. The molecular weight excluding hydrogens is 547 g/mol. The monoisotopic (exact) mass is 577 g/mol. The molecule has 0 amide bonds. The Kier molecular flexibility index (Phi) is 6.82. The molecule has 218 valence electrons. The molecule has 1 atom stereocenters. The van der Waals surface area contributed by atoms with Gasteiger partial charge in [-0.3, -0.25) is 4.68 Å². The van der Waals surface area contributed by atoms with Crippen molar-refractivity contribution < 1.29 is 17.9 Å². The summed E-state index contributed by atoms with van der Waals surface area (Å²) in [6.45, 7) is 5.62. The third-order valence-corrected chi connectivity index (χ3v) is 7.30. The van der Waals surface area contributed by atoms with Crippen LogP contribution in [-0.2, 0) is 13.2 Å². The molecule has 0 spiro atoms. The lowest BCUT2D eigenvalue weighted by Crippen LogP contribution is -2.10. The highest BCUT2D eigenvalue weighted by Gasteiger charge is 2.35. The number of ether oxygens (including phenoxy) is 1. The summed E-state index contributed by atoms with van der Waals surface area (Å²) in [5.41, 5.74) is 3.39. The first-order valence-corrected chi connectivity index (χ1v) is 13.7. The molecule has 1 aromatic carbocycles. The molecule has 6 rings (SSSR count). The average Bonchev–Trinajstić information content (AvgIpc) is 3.57. The number of aryl methyl sites for hydroxylation is 1. The number of fused-ring (bicyclic) bond motifs is 1. The minimum absolute atomic E-state index is 0.189. The molecule has 1 fully saturated rings. The lowest BCUT2D eigenvalue weighted by molar-refractivity contribution is -0.140. The Hall–Kier alpha value is -4.55. The van der Waals surface area contributed by atoms with Gasteiger partial charge in [0.15, 0.2) is 22.9 Å². The molecular formula is C29H30F3N9O. The number of methoxy groups -OCH3 is 1. The van der Waals surface area contributed by atoms with Crippen molar-refractivity contribution in [2.45, 2.75) is 57.8 Å². The summed E-state index contributed by atoms with van der Waals surface area (Å²) in [7, 11) is 3.38. The summed E-state index contributed by atoms with van der Waals surface area (Å²) in [5.74, 6) is 1.98. The number of anilines is 1. The van der Waals surface area contributed by atoms with Crippen LogP contribution in [-0.4, -0.2) is 46.4 Å². The lowest BCUT2D eigenvalue weighted by Gasteiger charge is -2.17. The van der Waals surface area contributed by atoms with Crippen LogP contribution in [0.1, 0.15) is 68.6 Å². The van der Waals surface area contributed by atoms with Gasteiger partial charge >= 0.3 is 6.18 Å². The molecule has 0 bridgehead atoms. The Morgan fingerprint density at radius 1 is 1.00 bits per heavy atom. The quantitative estimate of drug-likeness (QED) is 0.228. The van der Waals surface area contributed by atoms with Gasteiger partial charge in [0.1, 0.15) is 23.2 Å². The molecule has 42 heavy (non-hydrogen) atoms. The third-order valence-electron chi connectivity index (χ3n) is 7.30. The highest BCUT2D eigenvalue weighted by molar-refractivity contribution is 5.87. The first-order valence-electron chi connectivity index (χ1n) is 13.7. The summed E-state index contributed by atoms with van der Waals surface area (Å²) in [4.78, 5) is 22.4. The third kappa shape index (κ3) is 5.14. The summed E-state index contributed by atoms with van der Waals surface area (Å²) in [5, 5.41) is 8.03. The van der Waals surface area contributed by atoms with Crippen LogP contribution in [0, 0.1) is 0 Å². The normalized spacial score (nSPS) is 14.5. The van der Waals surface area contributed by atoms with Crippen LogP contribution in [0.4, 0.5) is 19.0 Å². The molecule has 10 nitrogen and oxygen atoms in total. The second-order valence-electron chi connectivity index (χ2n) is 10.8. The van der Waals surface area contributed by atoms with E-state index in [4.69, 9.17) is 14.7 Å². The van der Waals surface area contributed by atoms with E-state index in [2.05, 4.69) is 25.4 Å². The molecule has 1 aliphatic rings. The molecule has 0 radical (unpaired) electrons. The molecule has 4 aromatic heterocycles. The second kappa shape index (κ2) is 10.4. The fourth-order valence-electron chi connectivity index (χ4n) is 5.00. The number of imidazole rings is 1. The van der Waals surface area contributed by atoms with E-state index >= 15 is 0 Å². The minimum atomic E-state index is -4.52. The Balaban J connectivity index is 1.34. The van der Waals surface area contributed by atoms with Crippen molar-refractivity contribution in [1.82, 2.24) is 39.3 Å². The van der Waals surface area contributed by atoms with E-state index in [1.165, 1.54) is 10.9 Å². The summed E-state index contributed by atoms with van der Waals surface area (Å²) in [6.07, 6.45) is 1.94. The predicted molar refractivity (Wildman–Crippen MR) is 151 cm³/mol. The van der Waals surface area contributed by atoms with E-state index in [1.54, 1.807) is 23.9 Å². The van der Waals surface area contributed by atoms with Crippen molar-refractivity contribution in [1.29, 1.82) is 0 Å². The van der Waals surface area contributed by atoms with Crippen LogP contribution in [0.15, 0.2) is 43.0 Å². The van der Waals surface area contributed by atoms with E-state index < -0.39 is 11.9 Å². The predicted octanol–water partition coefficient (Wildman–Crippen LogP) is 6.34. The Morgan fingerprint density at radius 3 is 2.38 bits per heavy atom. The summed E-state index contributed by atoms with van der Waals surface area (Å²) >= 11 is 0. The lowest BCUT2D eigenvalue weighted by atomic mass is 10.1. The Morgan fingerprint density at radius 2 is 1.74 bits per heavy atom. The zero-order valence-electron chi connectivity index (χ0n) is 23.8. The number of hydrogen-bond donors (Lipinski definition) is 1. The highest BCUT2D eigenvalue weighted by atomic mass is 19.4. The van der Waals surface area contributed by atoms with E-state index in [-0.39, 0.29) is 17.9 Å². The van der Waals surface area contributed by atoms with Gasteiger partial charge in [-0.25, -0.2) is 24.9 Å². The van der Waals surface area contributed by atoms with Crippen molar-refractivity contribution in [2.75, 3.05) is 12.4 Å². The molecule has 0 aliphatic heterocycles. The van der Waals surface area contributed by atoms with Gasteiger partial charge in [-0.15, -0.1) is 0 Å². The van der Waals surface area contributed by atoms with E-state index in [1.807, 2.05) is 46.1 Å². The molecule has 13 heteroatoms. The fourth-order valence-corrected chi connectivity index (χ4v) is 5.00. The van der Waals surface area contributed by atoms with Crippen molar-refractivity contribution in [2.24, 2.45) is 7.05 Å². The second-order valence-corrected chi connectivity index (χ2v) is 10.8. The van der Waals surface area contributed by atoms with Crippen LogP contribution in [0.2, 0.25) is 0 Å².